The van der Waals surface area contributed by atoms with Crippen LogP contribution in [0.3, 0.4) is 0 Å². The van der Waals surface area contributed by atoms with Gasteiger partial charge in [0.25, 0.3) is 0 Å². The maximum atomic E-state index is 10.7. The number of carboxylic acid groups (broad SMARTS) is 1. The van der Waals surface area contributed by atoms with Crippen LogP contribution in [0, 0.1) is 5.92 Å². The average Bonchev–Trinajstić information content (AvgIpc) is 2.65. The van der Waals surface area contributed by atoms with E-state index in [0.29, 0.717) is 34.7 Å². The van der Waals surface area contributed by atoms with Crippen molar-refractivity contribution >= 4 is 28.6 Å². The minimum Gasteiger partial charge on any atom is -0.493 e. The number of aromatic nitrogens is 2. The van der Waals surface area contributed by atoms with Gasteiger partial charge in [-0.15, -0.1) is 0 Å². The summed E-state index contributed by atoms with van der Waals surface area (Å²) in [6.07, 6.45) is 2.81. The first kappa shape index (κ1) is 18.0. The number of nitrogens with two attached hydrogens (primary N) is 1. The highest BCUT2D eigenvalue weighted by Gasteiger charge is 2.22. The summed E-state index contributed by atoms with van der Waals surface area (Å²) in [7, 11) is 3.15. The molecule has 1 fully saturated rings. The highest BCUT2D eigenvalue weighted by molar-refractivity contribution is 5.91. The second-order valence-electron chi connectivity index (χ2n) is 6.50. The van der Waals surface area contributed by atoms with Crippen molar-refractivity contribution in [2.75, 3.05) is 37.9 Å². The van der Waals surface area contributed by atoms with Gasteiger partial charge < -0.3 is 25.2 Å². The van der Waals surface area contributed by atoms with Crippen LogP contribution < -0.4 is 20.1 Å². The molecule has 1 aliphatic rings. The van der Waals surface area contributed by atoms with Crippen LogP contribution in [0.5, 0.6) is 11.5 Å². The lowest BCUT2D eigenvalue weighted by molar-refractivity contribution is -0.137. The molecule has 0 saturated carbocycles. The van der Waals surface area contributed by atoms with E-state index in [1.54, 1.807) is 26.4 Å². The van der Waals surface area contributed by atoms with Crippen LogP contribution in [0.1, 0.15) is 25.7 Å². The number of hydrogen-bond donors (Lipinski definition) is 2. The number of rotatable bonds is 6. The Bertz CT molecular complexity index is 803. The van der Waals surface area contributed by atoms with E-state index < -0.39 is 5.97 Å². The largest absolute Gasteiger partial charge is 0.493 e. The summed E-state index contributed by atoms with van der Waals surface area (Å²) in [6, 6.07) is 3.58. The van der Waals surface area contributed by atoms with Crippen molar-refractivity contribution in [1.29, 1.82) is 0 Å². The Balaban J connectivity index is 1.80. The van der Waals surface area contributed by atoms with E-state index in [9.17, 15) is 4.79 Å². The molecule has 8 heteroatoms. The van der Waals surface area contributed by atoms with E-state index in [1.165, 1.54) is 0 Å². The fourth-order valence-corrected chi connectivity index (χ4v) is 3.36. The first-order chi connectivity index (χ1) is 12.5. The highest BCUT2D eigenvalue weighted by Crippen LogP contribution is 2.34. The molecular formula is C18H24N4O4. The molecule has 0 spiro atoms. The van der Waals surface area contributed by atoms with Crippen LogP contribution >= 0.6 is 0 Å². The van der Waals surface area contributed by atoms with Gasteiger partial charge in [-0.3, -0.25) is 4.79 Å². The lowest BCUT2D eigenvalue weighted by atomic mass is 9.92. The highest BCUT2D eigenvalue weighted by atomic mass is 16.5. The Morgan fingerprint density at radius 1 is 1.23 bits per heavy atom. The fourth-order valence-electron chi connectivity index (χ4n) is 3.36. The predicted molar refractivity (Wildman–Crippen MR) is 98.9 cm³/mol. The molecule has 0 unspecified atom stereocenters. The second-order valence-corrected chi connectivity index (χ2v) is 6.50. The zero-order chi connectivity index (χ0) is 18.7. The number of nitrogen functional groups attached to an aromatic ring is 1. The fraction of sp³-hybridized carbons (Fsp3) is 0.500. The average molecular weight is 360 g/mol. The summed E-state index contributed by atoms with van der Waals surface area (Å²) >= 11 is 0. The normalized spacial score (nSPS) is 15.2. The third-order valence-electron chi connectivity index (χ3n) is 4.88. The van der Waals surface area contributed by atoms with Crippen LogP contribution in [0.15, 0.2) is 12.1 Å². The summed E-state index contributed by atoms with van der Waals surface area (Å²) < 4.78 is 10.7. The summed E-state index contributed by atoms with van der Waals surface area (Å²) in [5.74, 6) is 1.88. The number of benzene rings is 1. The van der Waals surface area contributed by atoms with Gasteiger partial charge in [-0.2, -0.15) is 4.98 Å². The van der Waals surface area contributed by atoms with E-state index in [-0.39, 0.29) is 6.42 Å². The molecule has 3 N–H and O–H groups in total. The van der Waals surface area contributed by atoms with Crippen LogP contribution in [-0.4, -0.2) is 48.4 Å². The molecule has 2 aromatic rings. The first-order valence-corrected chi connectivity index (χ1v) is 8.67. The maximum Gasteiger partial charge on any atom is 0.303 e. The minimum atomic E-state index is -0.734. The lowest BCUT2D eigenvalue weighted by Gasteiger charge is -2.32. The summed E-state index contributed by atoms with van der Waals surface area (Å²) in [5, 5.41) is 9.55. The molecule has 2 heterocycles. The second kappa shape index (κ2) is 7.63. The van der Waals surface area contributed by atoms with Crippen LogP contribution in [0.4, 0.5) is 11.8 Å². The molecule has 1 aromatic carbocycles. The Morgan fingerprint density at radius 2 is 1.88 bits per heavy atom. The topological polar surface area (TPSA) is 111 Å². The zero-order valence-corrected chi connectivity index (χ0v) is 15.1. The van der Waals surface area contributed by atoms with E-state index in [2.05, 4.69) is 14.9 Å². The molecule has 0 atom stereocenters. The number of hydrogen-bond acceptors (Lipinski definition) is 7. The number of ether oxygens (including phenoxy) is 2. The van der Waals surface area contributed by atoms with Crippen molar-refractivity contribution in [2.45, 2.75) is 25.7 Å². The summed E-state index contributed by atoms with van der Waals surface area (Å²) in [5.41, 5.74) is 6.85. The number of aliphatic carboxylic acids is 1. The van der Waals surface area contributed by atoms with Crippen molar-refractivity contribution in [3.05, 3.63) is 12.1 Å². The van der Waals surface area contributed by atoms with E-state index in [0.717, 1.165) is 37.7 Å². The van der Waals surface area contributed by atoms with Gasteiger partial charge in [0.1, 0.15) is 5.82 Å². The van der Waals surface area contributed by atoms with Gasteiger partial charge in [-0.1, -0.05) is 0 Å². The minimum absolute atomic E-state index is 0.228. The SMILES string of the molecule is COc1cc2nc(N3CCC(CCC(=O)O)CC3)nc(N)c2cc1OC. The van der Waals surface area contributed by atoms with Gasteiger partial charge in [-0.25, -0.2) is 4.98 Å². The molecule has 0 radical (unpaired) electrons. The van der Waals surface area contributed by atoms with Crippen molar-refractivity contribution in [3.63, 3.8) is 0 Å². The monoisotopic (exact) mass is 360 g/mol. The molecule has 3 rings (SSSR count). The van der Waals surface area contributed by atoms with Crippen molar-refractivity contribution in [2.24, 2.45) is 5.92 Å². The van der Waals surface area contributed by atoms with Crippen LogP contribution in [0.2, 0.25) is 0 Å². The summed E-state index contributed by atoms with van der Waals surface area (Å²) in [4.78, 5) is 21.9. The van der Waals surface area contributed by atoms with E-state index in [1.807, 2.05) is 0 Å². The number of anilines is 2. The maximum absolute atomic E-state index is 10.7. The number of carboxylic acids is 1. The molecule has 1 saturated heterocycles. The number of fused-ring (bicyclic) bond motifs is 1. The number of piperidine rings is 1. The molecule has 1 aromatic heterocycles. The summed E-state index contributed by atoms with van der Waals surface area (Å²) in [6.45, 7) is 1.59. The molecule has 0 amide bonds. The molecule has 140 valence electrons. The van der Waals surface area contributed by atoms with Crippen LogP contribution in [-0.2, 0) is 4.79 Å². The lowest BCUT2D eigenvalue weighted by Crippen LogP contribution is -2.35. The molecule has 8 nitrogen and oxygen atoms in total. The molecular weight excluding hydrogens is 336 g/mol. The Labute approximate surface area is 151 Å². The van der Waals surface area contributed by atoms with Crippen molar-refractivity contribution < 1.29 is 19.4 Å². The molecule has 0 aliphatic carbocycles. The number of nitrogens with zero attached hydrogens (tertiary/aromatic N) is 3. The molecule has 26 heavy (non-hydrogen) atoms. The van der Waals surface area contributed by atoms with Gasteiger partial charge in [0.15, 0.2) is 11.5 Å². The third-order valence-corrected chi connectivity index (χ3v) is 4.88. The van der Waals surface area contributed by atoms with E-state index >= 15 is 0 Å². The third kappa shape index (κ3) is 3.74. The quantitative estimate of drug-likeness (QED) is 0.807. The standard InChI is InChI=1S/C18H24N4O4/c1-25-14-9-12-13(10-15(14)26-2)20-18(21-17(12)19)22-7-5-11(6-8-22)3-4-16(23)24/h9-11H,3-8H2,1-2H3,(H,23,24)(H2,19,20,21). The number of methoxy groups -OCH3 is 2. The van der Waals surface area contributed by atoms with Crippen LogP contribution in [0.25, 0.3) is 10.9 Å². The number of carbonyl (C=O) groups is 1. The molecule has 1 aliphatic heterocycles. The zero-order valence-electron chi connectivity index (χ0n) is 15.1. The predicted octanol–water partition coefficient (Wildman–Crippen LogP) is 2.31. The van der Waals surface area contributed by atoms with Gasteiger partial charge in [-0.05, 0) is 31.2 Å². The van der Waals surface area contributed by atoms with Crippen molar-refractivity contribution in [3.8, 4) is 11.5 Å². The molecule has 0 bridgehead atoms. The Hall–Kier alpha value is -2.77. The Morgan fingerprint density at radius 3 is 2.50 bits per heavy atom. The van der Waals surface area contributed by atoms with Gasteiger partial charge in [0, 0.05) is 31.0 Å². The van der Waals surface area contributed by atoms with Gasteiger partial charge >= 0.3 is 5.97 Å². The smallest absolute Gasteiger partial charge is 0.303 e. The van der Waals surface area contributed by atoms with Gasteiger partial charge in [0.05, 0.1) is 19.7 Å². The van der Waals surface area contributed by atoms with Gasteiger partial charge in [0.2, 0.25) is 5.95 Å². The first-order valence-electron chi connectivity index (χ1n) is 8.67. The van der Waals surface area contributed by atoms with E-state index in [4.69, 9.17) is 20.3 Å². The van der Waals surface area contributed by atoms with Crippen molar-refractivity contribution in [1.82, 2.24) is 9.97 Å². The Kier molecular flexibility index (Phi) is 5.29.